The molecular formula is C17H18FN3O2. The third-order valence-electron chi connectivity index (χ3n) is 3.58. The second kappa shape index (κ2) is 6.75. The van der Waals surface area contributed by atoms with Gasteiger partial charge >= 0.3 is 0 Å². The molecular weight excluding hydrogens is 297 g/mol. The Balaban J connectivity index is 2.00. The van der Waals surface area contributed by atoms with Gasteiger partial charge in [-0.2, -0.15) is 0 Å². The van der Waals surface area contributed by atoms with Crippen LogP contribution >= 0.6 is 0 Å². The van der Waals surface area contributed by atoms with Crippen LogP contribution in [0.2, 0.25) is 0 Å². The van der Waals surface area contributed by atoms with E-state index in [1.54, 1.807) is 13.2 Å². The van der Waals surface area contributed by atoms with Gasteiger partial charge in [0, 0.05) is 19.0 Å². The van der Waals surface area contributed by atoms with Gasteiger partial charge in [-0.05, 0) is 37.3 Å². The fraction of sp³-hybridized carbons (Fsp3) is 0.294. The van der Waals surface area contributed by atoms with E-state index in [2.05, 4.69) is 9.97 Å². The predicted molar refractivity (Wildman–Crippen MR) is 85.9 cm³/mol. The lowest BCUT2D eigenvalue weighted by Crippen LogP contribution is -2.27. The van der Waals surface area contributed by atoms with E-state index in [0.717, 1.165) is 11.5 Å². The predicted octanol–water partition coefficient (Wildman–Crippen LogP) is 3.32. The normalized spacial score (nSPS) is 11.1. The molecule has 6 heteroatoms. The molecule has 120 valence electrons. The summed E-state index contributed by atoms with van der Waals surface area (Å²) < 4.78 is 24.5. The van der Waals surface area contributed by atoms with E-state index in [0.29, 0.717) is 36.4 Å². The van der Waals surface area contributed by atoms with Gasteiger partial charge < -0.3 is 14.1 Å². The first-order valence-corrected chi connectivity index (χ1v) is 7.37. The van der Waals surface area contributed by atoms with E-state index in [4.69, 9.17) is 9.15 Å². The van der Waals surface area contributed by atoms with Gasteiger partial charge in [0.15, 0.2) is 0 Å². The summed E-state index contributed by atoms with van der Waals surface area (Å²) in [6.07, 6.45) is 1.49. The van der Waals surface area contributed by atoms with Crippen molar-refractivity contribution < 1.29 is 13.5 Å². The molecule has 0 aliphatic carbocycles. The molecule has 23 heavy (non-hydrogen) atoms. The highest BCUT2D eigenvalue weighted by molar-refractivity contribution is 5.89. The summed E-state index contributed by atoms with van der Waals surface area (Å²) in [6.45, 7) is 3.57. The molecule has 0 spiro atoms. The van der Waals surface area contributed by atoms with Gasteiger partial charge in [0.1, 0.15) is 29.5 Å². The van der Waals surface area contributed by atoms with E-state index in [-0.39, 0.29) is 5.82 Å². The number of nitrogens with zero attached hydrogens (tertiary/aromatic N) is 3. The Labute approximate surface area is 133 Å². The molecule has 3 aromatic rings. The lowest BCUT2D eigenvalue weighted by Gasteiger charge is -2.23. The van der Waals surface area contributed by atoms with Crippen molar-refractivity contribution in [1.82, 2.24) is 9.97 Å². The van der Waals surface area contributed by atoms with E-state index < -0.39 is 0 Å². The minimum Gasteiger partial charge on any atom is -0.464 e. The van der Waals surface area contributed by atoms with Crippen molar-refractivity contribution in [2.75, 3.05) is 25.2 Å². The van der Waals surface area contributed by atoms with Crippen LogP contribution in [0, 0.1) is 12.7 Å². The maximum Gasteiger partial charge on any atom is 0.140 e. The third kappa shape index (κ3) is 3.48. The molecule has 0 saturated heterocycles. The highest BCUT2D eigenvalue weighted by atomic mass is 19.1. The number of furan rings is 1. The molecule has 2 heterocycles. The van der Waals surface area contributed by atoms with Crippen molar-refractivity contribution in [3.8, 4) is 0 Å². The zero-order valence-electron chi connectivity index (χ0n) is 13.1. The van der Waals surface area contributed by atoms with E-state index in [1.807, 2.05) is 24.0 Å². The largest absolute Gasteiger partial charge is 0.464 e. The molecule has 0 amide bonds. The summed E-state index contributed by atoms with van der Waals surface area (Å²) in [5, 5.41) is 0.673. The van der Waals surface area contributed by atoms with Gasteiger partial charge in [-0.15, -0.1) is 0 Å². The SMILES string of the molecule is COCCN(Cc1ccc(C)o1)c1ncnc2ccc(F)cc12. The van der Waals surface area contributed by atoms with E-state index in [9.17, 15) is 4.39 Å². The van der Waals surface area contributed by atoms with Gasteiger partial charge in [0.05, 0.1) is 18.7 Å². The lowest BCUT2D eigenvalue weighted by molar-refractivity contribution is 0.204. The molecule has 0 N–H and O–H groups in total. The first-order valence-electron chi connectivity index (χ1n) is 7.37. The quantitative estimate of drug-likeness (QED) is 0.698. The van der Waals surface area contributed by atoms with Crippen LogP contribution in [0.4, 0.5) is 10.2 Å². The van der Waals surface area contributed by atoms with Gasteiger partial charge in [-0.25, -0.2) is 14.4 Å². The Morgan fingerprint density at radius 1 is 1.22 bits per heavy atom. The van der Waals surface area contributed by atoms with E-state index in [1.165, 1.54) is 18.5 Å². The Morgan fingerprint density at radius 2 is 2.09 bits per heavy atom. The van der Waals surface area contributed by atoms with Crippen LogP contribution in [0.25, 0.3) is 10.9 Å². The van der Waals surface area contributed by atoms with Crippen molar-refractivity contribution in [3.63, 3.8) is 0 Å². The van der Waals surface area contributed by atoms with Crippen molar-refractivity contribution in [2.24, 2.45) is 0 Å². The highest BCUT2D eigenvalue weighted by Crippen LogP contribution is 2.25. The zero-order valence-corrected chi connectivity index (χ0v) is 13.1. The number of rotatable bonds is 6. The van der Waals surface area contributed by atoms with Crippen LogP contribution in [0.1, 0.15) is 11.5 Å². The average Bonchev–Trinajstić information content (AvgIpc) is 2.96. The summed E-state index contributed by atoms with van der Waals surface area (Å²) >= 11 is 0. The molecule has 1 aromatic carbocycles. The molecule has 0 bridgehead atoms. The molecule has 0 fully saturated rings. The fourth-order valence-electron chi connectivity index (χ4n) is 2.49. The summed E-state index contributed by atoms with van der Waals surface area (Å²) in [6, 6.07) is 8.36. The zero-order chi connectivity index (χ0) is 16.2. The Hall–Kier alpha value is -2.47. The Kier molecular flexibility index (Phi) is 4.52. The second-order valence-corrected chi connectivity index (χ2v) is 5.29. The van der Waals surface area contributed by atoms with Crippen molar-refractivity contribution in [2.45, 2.75) is 13.5 Å². The average molecular weight is 315 g/mol. The highest BCUT2D eigenvalue weighted by Gasteiger charge is 2.15. The molecule has 0 radical (unpaired) electrons. The Morgan fingerprint density at radius 3 is 2.83 bits per heavy atom. The molecule has 0 unspecified atom stereocenters. The van der Waals surface area contributed by atoms with Gasteiger partial charge in [0.2, 0.25) is 0 Å². The first kappa shape index (κ1) is 15.4. The van der Waals surface area contributed by atoms with Gasteiger partial charge in [-0.1, -0.05) is 0 Å². The third-order valence-corrected chi connectivity index (χ3v) is 3.58. The standard InChI is InChI=1S/C17H18FN3O2/c1-12-3-5-14(23-12)10-21(7-8-22-2)17-15-9-13(18)4-6-16(15)19-11-20-17/h3-6,9,11H,7-8,10H2,1-2H3. The fourth-order valence-corrected chi connectivity index (χ4v) is 2.49. The number of fused-ring (bicyclic) bond motifs is 1. The summed E-state index contributed by atoms with van der Waals surface area (Å²) in [4.78, 5) is 10.6. The molecule has 0 aliphatic heterocycles. The number of methoxy groups -OCH3 is 1. The molecule has 2 aromatic heterocycles. The van der Waals surface area contributed by atoms with Crippen LogP contribution < -0.4 is 4.90 Å². The molecule has 0 aliphatic rings. The van der Waals surface area contributed by atoms with Crippen LogP contribution in [0.5, 0.6) is 0 Å². The van der Waals surface area contributed by atoms with Gasteiger partial charge in [-0.3, -0.25) is 0 Å². The number of aromatic nitrogens is 2. The van der Waals surface area contributed by atoms with E-state index >= 15 is 0 Å². The second-order valence-electron chi connectivity index (χ2n) is 5.29. The number of hydrogen-bond donors (Lipinski definition) is 0. The number of hydrogen-bond acceptors (Lipinski definition) is 5. The first-order chi connectivity index (χ1) is 11.2. The van der Waals surface area contributed by atoms with Crippen molar-refractivity contribution in [1.29, 1.82) is 0 Å². The van der Waals surface area contributed by atoms with Crippen LogP contribution in [-0.4, -0.2) is 30.2 Å². The number of halogens is 1. The summed E-state index contributed by atoms with van der Waals surface area (Å²) in [5.41, 5.74) is 0.703. The smallest absolute Gasteiger partial charge is 0.140 e. The van der Waals surface area contributed by atoms with Crippen molar-refractivity contribution in [3.05, 3.63) is 54.0 Å². The molecule has 0 saturated carbocycles. The van der Waals surface area contributed by atoms with Crippen molar-refractivity contribution >= 4 is 16.7 Å². The van der Waals surface area contributed by atoms with Crippen LogP contribution in [0.15, 0.2) is 41.1 Å². The molecule has 5 nitrogen and oxygen atoms in total. The maximum absolute atomic E-state index is 13.6. The Bertz CT molecular complexity index is 803. The summed E-state index contributed by atoms with van der Waals surface area (Å²) in [5.74, 6) is 2.03. The van der Waals surface area contributed by atoms with Crippen LogP contribution in [-0.2, 0) is 11.3 Å². The lowest BCUT2D eigenvalue weighted by atomic mass is 10.2. The number of benzene rings is 1. The number of anilines is 1. The summed E-state index contributed by atoms with van der Waals surface area (Å²) in [7, 11) is 1.65. The minimum absolute atomic E-state index is 0.311. The minimum atomic E-state index is -0.311. The topological polar surface area (TPSA) is 51.4 Å². The van der Waals surface area contributed by atoms with Crippen LogP contribution in [0.3, 0.4) is 0 Å². The molecule has 3 rings (SSSR count). The maximum atomic E-state index is 13.6. The monoisotopic (exact) mass is 315 g/mol. The number of aryl methyl sites for hydroxylation is 1. The van der Waals surface area contributed by atoms with Gasteiger partial charge in [0.25, 0.3) is 0 Å². The number of ether oxygens (including phenoxy) is 1. The molecule has 0 atom stereocenters.